The molecule has 1 aliphatic rings. The third-order valence-corrected chi connectivity index (χ3v) is 4.71. The third kappa shape index (κ3) is 3.36. The molecule has 0 saturated carbocycles. The molecule has 0 spiro atoms. The minimum atomic E-state index is -0.287. The van der Waals surface area contributed by atoms with E-state index in [1.54, 1.807) is 23.5 Å². The summed E-state index contributed by atoms with van der Waals surface area (Å²) in [5, 5.41) is 5.36. The molecule has 0 saturated heterocycles. The molecule has 2 aromatic carbocycles. The van der Waals surface area contributed by atoms with Crippen LogP contribution in [0.15, 0.2) is 70.0 Å². The summed E-state index contributed by atoms with van der Waals surface area (Å²) in [6.45, 7) is 2.54. The minimum absolute atomic E-state index is 0.287. The topological polar surface area (TPSA) is 46.0 Å². The van der Waals surface area contributed by atoms with E-state index in [0.29, 0.717) is 18.3 Å². The van der Waals surface area contributed by atoms with Gasteiger partial charge in [0.05, 0.1) is 22.9 Å². The first-order chi connectivity index (χ1) is 12.7. The average molecular weight is 365 g/mol. The van der Waals surface area contributed by atoms with Crippen molar-refractivity contribution in [1.82, 2.24) is 0 Å². The highest BCUT2D eigenvalue weighted by molar-refractivity contribution is 7.12. The molecule has 4 rings (SSSR count). The average Bonchev–Trinajstić information content (AvgIpc) is 3.11. The molecule has 1 aromatic heterocycles. The number of thiophene rings is 1. The Kier molecular flexibility index (Phi) is 4.50. The molecule has 2 heterocycles. The van der Waals surface area contributed by atoms with Gasteiger partial charge in [0, 0.05) is 11.6 Å². The summed E-state index contributed by atoms with van der Waals surface area (Å²) in [5.74, 6) is 1.72. The first-order valence-electron chi connectivity index (χ1n) is 8.24. The quantitative estimate of drug-likeness (QED) is 0.687. The lowest BCUT2D eigenvalue weighted by atomic mass is 10.2. The number of benzene rings is 2. The molecule has 26 heavy (non-hydrogen) atoms. The number of anilines is 1. The van der Waals surface area contributed by atoms with Crippen LogP contribution in [0.25, 0.3) is 0 Å². The van der Waals surface area contributed by atoms with Gasteiger partial charge in [0.1, 0.15) is 17.4 Å². The molecular formula is C20H16FN3OS. The van der Waals surface area contributed by atoms with Gasteiger partial charge in [0.25, 0.3) is 0 Å². The van der Waals surface area contributed by atoms with Gasteiger partial charge < -0.3 is 10.1 Å². The largest absolute Gasteiger partial charge is 0.494 e. The Morgan fingerprint density at radius 3 is 2.65 bits per heavy atom. The highest BCUT2D eigenvalue weighted by atomic mass is 32.1. The lowest BCUT2D eigenvalue weighted by molar-refractivity contribution is 0.340. The summed E-state index contributed by atoms with van der Waals surface area (Å²) in [4.78, 5) is 10.4. The molecule has 0 unspecified atom stereocenters. The van der Waals surface area contributed by atoms with Crippen molar-refractivity contribution in [1.29, 1.82) is 0 Å². The lowest BCUT2D eigenvalue weighted by Gasteiger charge is -2.10. The number of ether oxygens (including phenoxy) is 1. The van der Waals surface area contributed by atoms with Gasteiger partial charge in [-0.15, -0.1) is 11.3 Å². The van der Waals surface area contributed by atoms with Crippen LogP contribution >= 0.6 is 11.3 Å². The Balaban J connectivity index is 1.84. The summed E-state index contributed by atoms with van der Waals surface area (Å²) in [6.07, 6.45) is 0. The van der Waals surface area contributed by atoms with Crippen LogP contribution in [0.3, 0.4) is 0 Å². The highest BCUT2D eigenvalue weighted by Gasteiger charge is 2.16. The van der Waals surface area contributed by atoms with Crippen molar-refractivity contribution in [3.05, 3.63) is 76.2 Å². The van der Waals surface area contributed by atoms with Gasteiger partial charge in [-0.25, -0.2) is 14.4 Å². The van der Waals surface area contributed by atoms with Crippen molar-refractivity contribution in [2.45, 2.75) is 6.92 Å². The van der Waals surface area contributed by atoms with E-state index in [-0.39, 0.29) is 5.82 Å². The molecule has 0 radical (unpaired) electrons. The van der Waals surface area contributed by atoms with Crippen LogP contribution < -0.4 is 10.1 Å². The van der Waals surface area contributed by atoms with Gasteiger partial charge in [-0.2, -0.15) is 0 Å². The number of hydrogen-bond donors (Lipinski definition) is 1. The second-order valence-electron chi connectivity index (χ2n) is 5.62. The van der Waals surface area contributed by atoms with Crippen molar-refractivity contribution >= 4 is 34.4 Å². The Bertz CT molecular complexity index is 979. The summed E-state index contributed by atoms with van der Waals surface area (Å²) in [5.41, 5.74) is 2.33. The zero-order valence-electron chi connectivity index (χ0n) is 14.1. The van der Waals surface area contributed by atoms with E-state index in [0.717, 1.165) is 27.6 Å². The number of hydrogen-bond acceptors (Lipinski definition) is 5. The first kappa shape index (κ1) is 16.5. The van der Waals surface area contributed by atoms with Crippen molar-refractivity contribution in [2.24, 2.45) is 9.98 Å². The van der Waals surface area contributed by atoms with Gasteiger partial charge in [-0.3, -0.25) is 0 Å². The number of amidine groups is 2. The molecule has 4 nitrogen and oxygen atoms in total. The second kappa shape index (κ2) is 7.09. The van der Waals surface area contributed by atoms with Gasteiger partial charge in [-0.1, -0.05) is 6.07 Å². The van der Waals surface area contributed by atoms with Gasteiger partial charge in [-0.05, 0) is 54.8 Å². The van der Waals surface area contributed by atoms with Crippen LogP contribution in [0, 0.1) is 5.82 Å². The number of fused-ring (bicyclic) bond motifs is 1. The molecule has 1 N–H and O–H groups in total. The maximum Gasteiger partial charge on any atom is 0.162 e. The van der Waals surface area contributed by atoms with E-state index in [9.17, 15) is 4.39 Å². The van der Waals surface area contributed by atoms with Crippen LogP contribution in [0.4, 0.5) is 15.8 Å². The standard InChI is InChI=1S/C20H16FN3OS/c1-2-25-15-9-10-16-17(12-15)23-20(18-4-3-11-26-18)24-19(22-16)13-5-7-14(21)8-6-13/h3-12H,2H2,1H3,(H,22,23,24). The first-order valence-corrected chi connectivity index (χ1v) is 9.12. The SMILES string of the molecule is CCOc1ccc2c(c1)NC(c1cccs1)=NC(c1ccc(F)cc1)=N2. The minimum Gasteiger partial charge on any atom is -0.494 e. The van der Waals surface area contributed by atoms with Crippen LogP contribution in [0.1, 0.15) is 17.4 Å². The van der Waals surface area contributed by atoms with E-state index < -0.39 is 0 Å². The molecule has 0 fully saturated rings. The number of nitrogens with one attached hydrogen (secondary N) is 1. The fourth-order valence-corrected chi connectivity index (χ4v) is 3.30. The van der Waals surface area contributed by atoms with Crippen molar-refractivity contribution in [2.75, 3.05) is 11.9 Å². The number of nitrogens with zero attached hydrogens (tertiary/aromatic N) is 2. The van der Waals surface area contributed by atoms with Gasteiger partial charge in [0.15, 0.2) is 5.84 Å². The monoisotopic (exact) mass is 365 g/mol. The zero-order chi connectivity index (χ0) is 17.9. The van der Waals surface area contributed by atoms with Crippen molar-refractivity contribution in [3.8, 4) is 5.75 Å². The third-order valence-electron chi connectivity index (χ3n) is 3.83. The van der Waals surface area contributed by atoms with E-state index in [4.69, 9.17) is 14.7 Å². The predicted octanol–water partition coefficient (Wildman–Crippen LogP) is 5.24. The van der Waals surface area contributed by atoms with Gasteiger partial charge in [0.2, 0.25) is 0 Å². The van der Waals surface area contributed by atoms with E-state index in [1.165, 1.54) is 12.1 Å². The molecule has 130 valence electrons. The Morgan fingerprint density at radius 2 is 1.92 bits per heavy atom. The predicted molar refractivity (Wildman–Crippen MR) is 105 cm³/mol. The molecule has 0 bridgehead atoms. The second-order valence-corrected chi connectivity index (χ2v) is 6.56. The highest BCUT2D eigenvalue weighted by Crippen LogP contribution is 2.33. The fraction of sp³-hybridized carbons (Fsp3) is 0.100. The Morgan fingerprint density at radius 1 is 1.08 bits per heavy atom. The number of rotatable bonds is 4. The lowest BCUT2D eigenvalue weighted by Crippen LogP contribution is -2.13. The maximum atomic E-state index is 13.3. The molecule has 0 atom stereocenters. The van der Waals surface area contributed by atoms with Gasteiger partial charge >= 0.3 is 0 Å². The maximum absolute atomic E-state index is 13.3. The summed E-state index contributed by atoms with van der Waals surface area (Å²) in [7, 11) is 0. The van der Waals surface area contributed by atoms with Crippen molar-refractivity contribution in [3.63, 3.8) is 0 Å². The number of aliphatic imine (C=N–C) groups is 2. The Hall–Kier alpha value is -2.99. The molecule has 1 aliphatic heterocycles. The fourth-order valence-electron chi connectivity index (χ4n) is 2.63. The van der Waals surface area contributed by atoms with Crippen LogP contribution in [0.2, 0.25) is 0 Å². The molecule has 3 aromatic rings. The number of halogens is 1. The van der Waals surface area contributed by atoms with Crippen LogP contribution in [0.5, 0.6) is 5.75 Å². The van der Waals surface area contributed by atoms with E-state index >= 15 is 0 Å². The zero-order valence-corrected chi connectivity index (χ0v) is 14.9. The molecular weight excluding hydrogens is 349 g/mol. The summed E-state index contributed by atoms with van der Waals surface area (Å²) < 4.78 is 18.9. The van der Waals surface area contributed by atoms with Crippen LogP contribution in [-0.2, 0) is 0 Å². The van der Waals surface area contributed by atoms with Crippen molar-refractivity contribution < 1.29 is 9.13 Å². The molecule has 6 heteroatoms. The van der Waals surface area contributed by atoms with E-state index in [2.05, 4.69) is 5.32 Å². The summed E-state index contributed by atoms with van der Waals surface area (Å²) >= 11 is 1.59. The summed E-state index contributed by atoms with van der Waals surface area (Å²) in [6, 6.07) is 15.9. The van der Waals surface area contributed by atoms with Crippen LogP contribution in [-0.4, -0.2) is 18.3 Å². The van der Waals surface area contributed by atoms with E-state index in [1.807, 2.05) is 42.6 Å². The molecule has 0 amide bonds. The molecule has 0 aliphatic carbocycles. The normalized spacial score (nSPS) is 13.2. The smallest absolute Gasteiger partial charge is 0.162 e. The Labute approximate surface area is 154 Å².